The van der Waals surface area contributed by atoms with E-state index in [-0.39, 0.29) is 12.4 Å². The molecule has 1 aromatic heterocycles. The van der Waals surface area contributed by atoms with Crippen LogP contribution in [0.15, 0.2) is 30.6 Å². The zero-order valence-electron chi connectivity index (χ0n) is 15.5. The topological polar surface area (TPSA) is 34.6 Å². The Morgan fingerprint density at radius 3 is 2.81 bits per heavy atom. The van der Waals surface area contributed by atoms with Gasteiger partial charge in [-0.25, -0.2) is 0 Å². The number of benzene rings is 1. The molecule has 1 atom stereocenters. The fourth-order valence-electron chi connectivity index (χ4n) is 4.06. The third kappa shape index (κ3) is 4.67. The minimum atomic E-state index is 0. The first kappa shape index (κ1) is 19.4. The van der Waals surface area contributed by atoms with E-state index in [2.05, 4.69) is 35.0 Å². The van der Waals surface area contributed by atoms with Crippen molar-refractivity contribution in [3.63, 3.8) is 0 Å². The molecule has 0 saturated carbocycles. The van der Waals surface area contributed by atoms with Crippen LogP contribution >= 0.6 is 12.4 Å². The summed E-state index contributed by atoms with van der Waals surface area (Å²) in [6.07, 6.45) is 8.86. The summed E-state index contributed by atoms with van der Waals surface area (Å²) in [6, 6.07) is 6.39. The van der Waals surface area contributed by atoms with Crippen LogP contribution in [0, 0.1) is 12.8 Å². The maximum absolute atomic E-state index is 6.36. The molecular formula is C21H29ClN2O2. The van der Waals surface area contributed by atoms with E-state index in [0.29, 0.717) is 6.10 Å². The van der Waals surface area contributed by atoms with Crippen molar-refractivity contribution in [2.45, 2.75) is 38.7 Å². The lowest BCUT2D eigenvalue weighted by atomic mass is 9.99. The number of rotatable bonds is 4. The van der Waals surface area contributed by atoms with E-state index in [1.165, 1.54) is 35.7 Å². The molecule has 0 spiro atoms. The van der Waals surface area contributed by atoms with Gasteiger partial charge in [-0.3, -0.25) is 4.98 Å². The van der Waals surface area contributed by atoms with Crippen molar-refractivity contribution >= 4 is 23.2 Å². The second-order valence-corrected chi connectivity index (χ2v) is 7.54. The lowest BCUT2D eigenvalue weighted by molar-refractivity contribution is 0.0260. The second kappa shape index (κ2) is 9.03. The number of aryl methyl sites for hydroxylation is 1. The van der Waals surface area contributed by atoms with Crippen molar-refractivity contribution in [2.75, 3.05) is 32.8 Å². The van der Waals surface area contributed by atoms with Gasteiger partial charge in [0.25, 0.3) is 0 Å². The number of aromatic nitrogens is 1. The van der Waals surface area contributed by atoms with Gasteiger partial charge >= 0.3 is 0 Å². The molecule has 1 unspecified atom stereocenters. The Labute approximate surface area is 162 Å². The van der Waals surface area contributed by atoms with E-state index >= 15 is 0 Å². The van der Waals surface area contributed by atoms with E-state index in [9.17, 15) is 0 Å². The molecule has 0 bridgehead atoms. The summed E-state index contributed by atoms with van der Waals surface area (Å²) < 4.78 is 12.0. The predicted molar refractivity (Wildman–Crippen MR) is 107 cm³/mol. The van der Waals surface area contributed by atoms with Crippen LogP contribution < -0.4 is 4.74 Å². The van der Waals surface area contributed by atoms with Crippen molar-refractivity contribution in [2.24, 2.45) is 5.92 Å². The van der Waals surface area contributed by atoms with Crippen LogP contribution in [0.3, 0.4) is 0 Å². The Kier molecular flexibility index (Phi) is 6.74. The molecule has 142 valence electrons. The smallest absolute Gasteiger partial charge is 0.123 e. The molecule has 0 radical (unpaired) electrons. The molecule has 2 aliphatic rings. The first-order valence-electron chi connectivity index (χ1n) is 9.59. The Morgan fingerprint density at radius 1 is 1.19 bits per heavy atom. The lowest BCUT2D eigenvalue weighted by Crippen LogP contribution is -2.42. The summed E-state index contributed by atoms with van der Waals surface area (Å²) in [5.41, 5.74) is 1.20. The maximum atomic E-state index is 6.36. The van der Waals surface area contributed by atoms with Gasteiger partial charge in [0, 0.05) is 44.0 Å². The average Bonchev–Trinajstić information content (AvgIpc) is 2.65. The predicted octanol–water partition coefficient (Wildman–Crippen LogP) is 4.23. The maximum Gasteiger partial charge on any atom is 0.123 e. The third-order valence-electron chi connectivity index (χ3n) is 5.53. The number of piperidine rings is 1. The van der Waals surface area contributed by atoms with Gasteiger partial charge in [0.1, 0.15) is 11.9 Å². The summed E-state index contributed by atoms with van der Waals surface area (Å²) in [4.78, 5) is 6.80. The standard InChI is InChI=1S/C21H28N2O2.ClH/c1-16-11-19-13-22-7-4-18(19)12-21(16)25-20-5-8-23(9-6-20)14-17-3-2-10-24-15-17;/h4,7,11-13,17,20H,2-3,5-6,8-10,14-15H2,1H3;1H. The molecule has 2 fully saturated rings. The first-order chi connectivity index (χ1) is 12.3. The first-order valence-corrected chi connectivity index (χ1v) is 9.59. The number of fused-ring (bicyclic) bond motifs is 1. The SMILES string of the molecule is Cc1cc2cnccc2cc1OC1CCN(CC2CCCOC2)CC1.Cl. The molecule has 26 heavy (non-hydrogen) atoms. The van der Waals surface area contributed by atoms with E-state index in [4.69, 9.17) is 9.47 Å². The van der Waals surface area contributed by atoms with E-state index < -0.39 is 0 Å². The molecule has 4 nitrogen and oxygen atoms in total. The molecule has 2 aliphatic heterocycles. The third-order valence-corrected chi connectivity index (χ3v) is 5.53. The fourth-order valence-corrected chi connectivity index (χ4v) is 4.06. The van der Waals surface area contributed by atoms with E-state index in [1.807, 2.05) is 12.4 Å². The quantitative estimate of drug-likeness (QED) is 0.799. The van der Waals surface area contributed by atoms with Gasteiger partial charge in [-0.2, -0.15) is 0 Å². The average molecular weight is 377 g/mol. The molecule has 2 saturated heterocycles. The largest absolute Gasteiger partial charge is 0.490 e. The molecule has 2 aromatic rings. The monoisotopic (exact) mass is 376 g/mol. The summed E-state index contributed by atoms with van der Waals surface area (Å²) in [5, 5.41) is 2.38. The van der Waals surface area contributed by atoms with Gasteiger partial charge in [-0.05, 0) is 67.7 Å². The Morgan fingerprint density at radius 2 is 2.04 bits per heavy atom. The Balaban J connectivity index is 0.00000196. The van der Waals surface area contributed by atoms with Gasteiger partial charge in [-0.15, -0.1) is 12.4 Å². The molecule has 1 aromatic carbocycles. The normalized spacial score (nSPS) is 22.1. The van der Waals surface area contributed by atoms with Gasteiger partial charge in [0.15, 0.2) is 0 Å². The zero-order chi connectivity index (χ0) is 17.1. The molecule has 3 heterocycles. The van der Waals surface area contributed by atoms with Gasteiger partial charge in [0.05, 0.1) is 6.61 Å². The van der Waals surface area contributed by atoms with Crippen molar-refractivity contribution in [3.05, 3.63) is 36.2 Å². The minimum Gasteiger partial charge on any atom is -0.490 e. The molecule has 5 heteroatoms. The van der Waals surface area contributed by atoms with Gasteiger partial charge in [0.2, 0.25) is 0 Å². The van der Waals surface area contributed by atoms with E-state index in [1.54, 1.807) is 0 Å². The lowest BCUT2D eigenvalue weighted by Gasteiger charge is -2.35. The molecular weight excluding hydrogens is 348 g/mol. The summed E-state index contributed by atoms with van der Waals surface area (Å²) in [7, 11) is 0. The summed E-state index contributed by atoms with van der Waals surface area (Å²) >= 11 is 0. The highest BCUT2D eigenvalue weighted by Gasteiger charge is 2.24. The number of likely N-dealkylation sites (tertiary alicyclic amines) is 1. The number of pyridine rings is 1. The second-order valence-electron chi connectivity index (χ2n) is 7.54. The summed E-state index contributed by atoms with van der Waals surface area (Å²) in [6.45, 7) is 7.49. The van der Waals surface area contributed by atoms with Crippen molar-refractivity contribution < 1.29 is 9.47 Å². The number of nitrogens with zero attached hydrogens (tertiary/aromatic N) is 2. The van der Waals surface area contributed by atoms with E-state index in [0.717, 1.165) is 50.8 Å². The molecule has 0 N–H and O–H groups in total. The van der Waals surface area contributed by atoms with Gasteiger partial charge in [-0.1, -0.05) is 0 Å². The number of hydrogen-bond donors (Lipinski definition) is 0. The number of hydrogen-bond acceptors (Lipinski definition) is 4. The number of ether oxygens (including phenoxy) is 2. The van der Waals surface area contributed by atoms with Crippen LogP contribution in [0.4, 0.5) is 0 Å². The highest BCUT2D eigenvalue weighted by molar-refractivity contribution is 5.85. The zero-order valence-corrected chi connectivity index (χ0v) is 16.3. The minimum absolute atomic E-state index is 0. The van der Waals surface area contributed by atoms with Gasteiger partial charge < -0.3 is 14.4 Å². The van der Waals surface area contributed by atoms with Crippen LogP contribution in [0.1, 0.15) is 31.2 Å². The summed E-state index contributed by atoms with van der Waals surface area (Å²) in [5.74, 6) is 1.75. The van der Waals surface area contributed by atoms with Crippen LogP contribution in [-0.2, 0) is 4.74 Å². The highest BCUT2D eigenvalue weighted by atomic mass is 35.5. The van der Waals surface area contributed by atoms with Crippen LogP contribution in [-0.4, -0.2) is 48.8 Å². The Hall–Kier alpha value is -1.36. The number of halogens is 1. The molecule has 4 rings (SSSR count). The fraction of sp³-hybridized carbons (Fsp3) is 0.571. The Bertz CT molecular complexity index is 710. The van der Waals surface area contributed by atoms with Crippen LogP contribution in [0.2, 0.25) is 0 Å². The van der Waals surface area contributed by atoms with Crippen molar-refractivity contribution in [3.8, 4) is 5.75 Å². The van der Waals surface area contributed by atoms with Crippen molar-refractivity contribution in [1.29, 1.82) is 0 Å². The van der Waals surface area contributed by atoms with Crippen LogP contribution in [0.25, 0.3) is 10.8 Å². The highest BCUT2D eigenvalue weighted by Crippen LogP contribution is 2.28. The molecule has 0 amide bonds. The molecule has 0 aliphatic carbocycles. The van der Waals surface area contributed by atoms with Crippen LogP contribution in [0.5, 0.6) is 5.75 Å². The van der Waals surface area contributed by atoms with Crippen molar-refractivity contribution in [1.82, 2.24) is 9.88 Å².